The van der Waals surface area contributed by atoms with Gasteiger partial charge in [-0.3, -0.25) is 9.58 Å². The average Bonchev–Trinajstić information content (AvgIpc) is 2.92. The molecule has 0 N–H and O–H groups in total. The fourth-order valence-electron chi connectivity index (χ4n) is 3.48. The molecule has 2 heterocycles. The molecular weight excluding hydrogens is 284 g/mol. The molecule has 4 heteroatoms. The molecule has 2 aromatic rings. The summed E-state index contributed by atoms with van der Waals surface area (Å²) in [6, 6.07) is 11.7. The summed E-state index contributed by atoms with van der Waals surface area (Å²) in [6.07, 6.45) is 7.75. The van der Waals surface area contributed by atoms with Crippen LogP contribution in [-0.4, -0.2) is 52.8 Å². The summed E-state index contributed by atoms with van der Waals surface area (Å²) in [5, 5.41) is 4.30. The van der Waals surface area contributed by atoms with Crippen LogP contribution in [0.1, 0.15) is 30.4 Å². The second-order valence-corrected chi connectivity index (χ2v) is 6.85. The van der Waals surface area contributed by atoms with Crippen molar-refractivity contribution in [1.29, 1.82) is 0 Å². The smallest absolute Gasteiger partial charge is 0.0659 e. The molecule has 23 heavy (non-hydrogen) atoms. The summed E-state index contributed by atoms with van der Waals surface area (Å²) in [6.45, 7) is 4.33. The van der Waals surface area contributed by atoms with Gasteiger partial charge in [0, 0.05) is 25.0 Å². The van der Waals surface area contributed by atoms with Crippen LogP contribution in [0, 0.1) is 0 Å². The Hall–Kier alpha value is -1.65. The molecule has 1 fully saturated rings. The maximum absolute atomic E-state index is 4.30. The van der Waals surface area contributed by atoms with Crippen molar-refractivity contribution in [1.82, 2.24) is 19.6 Å². The van der Waals surface area contributed by atoms with Crippen molar-refractivity contribution in [3.63, 3.8) is 0 Å². The second kappa shape index (κ2) is 7.75. The van der Waals surface area contributed by atoms with Crippen molar-refractivity contribution in [3.05, 3.63) is 53.9 Å². The van der Waals surface area contributed by atoms with Gasteiger partial charge < -0.3 is 4.90 Å². The summed E-state index contributed by atoms with van der Waals surface area (Å²) in [4.78, 5) is 4.99. The fraction of sp³-hybridized carbons (Fsp3) is 0.526. The van der Waals surface area contributed by atoms with Gasteiger partial charge in [0.2, 0.25) is 0 Å². The molecule has 4 nitrogen and oxygen atoms in total. The SMILES string of the molecule is CN(C)[C@H]1CCCN(Cc2cccc(Cn3cccn3)c2)CC1. The Labute approximate surface area is 139 Å². The van der Waals surface area contributed by atoms with E-state index in [2.05, 4.69) is 53.3 Å². The van der Waals surface area contributed by atoms with Crippen LogP contribution in [0.15, 0.2) is 42.7 Å². The van der Waals surface area contributed by atoms with E-state index in [0.717, 1.165) is 19.1 Å². The minimum Gasteiger partial charge on any atom is -0.306 e. The highest BCUT2D eigenvalue weighted by Gasteiger charge is 2.18. The van der Waals surface area contributed by atoms with Crippen molar-refractivity contribution in [2.75, 3.05) is 27.2 Å². The Morgan fingerprint density at radius 3 is 2.65 bits per heavy atom. The summed E-state index contributed by atoms with van der Waals surface area (Å²) >= 11 is 0. The first-order valence-electron chi connectivity index (χ1n) is 8.65. The van der Waals surface area contributed by atoms with Crippen LogP contribution in [0.5, 0.6) is 0 Å². The van der Waals surface area contributed by atoms with Crippen LogP contribution >= 0.6 is 0 Å². The molecule has 0 radical (unpaired) electrons. The van der Waals surface area contributed by atoms with Gasteiger partial charge in [0.15, 0.2) is 0 Å². The maximum atomic E-state index is 4.30. The molecule has 1 aliphatic rings. The molecule has 0 aliphatic carbocycles. The minimum absolute atomic E-state index is 0.742. The Kier molecular flexibility index (Phi) is 5.47. The van der Waals surface area contributed by atoms with E-state index >= 15 is 0 Å². The zero-order valence-corrected chi connectivity index (χ0v) is 14.4. The van der Waals surface area contributed by atoms with Crippen LogP contribution in [0.2, 0.25) is 0 Å². The van der Waals surface area contributed by atoms with Crippen LogP contribution < -0.4 is 0 Å². The first kappa shape index (κ1) is 16.2. The highest BCUT2D eigenvalue weighted by atomic mass is 15.3. The van der Waals surface area contributed by atoms with Crippen molar-refractivity contribution >= 4 is 0 Å². The lowest BCUT2D eigenvalue weighted by Crippen LogP contribution is -2.29. The van der Waals surface area contributed by atoms with E-state index < -0.39 is 0 Å². The molecule has 0 amide bonds. The number of likely N-dealkylation sites (tertiary alicyclic amines) is 1. The van der Waals surface area contributed by atoms with E-state index in [9.17, 15) is 0 Å². The van der Waals surface area contributed by atoms with Crippen molar-refractivity contribution in [2.45, 2.75) is 38.4 Å². The normalized spacial score (nSPS) is 19.9. The lowest BCUT2D eigenvalue weighted by molar-refractivity contribution is 0.245. The van der Waals surface area contributed by atoms with Crippen molar-refractivity contribution in [3.8, 4) is 0 Å². The molecule has 124 valence electrons. The maximum Gasteiger partial charge on any atom is 0.0659 e. The van der Waals surface area contributed by atoms with Crippen LogP contribution in [-0.2, 0) is 13.1 Å². The van der Waals surface area contributed by atoms with Crippen molar-refractivity contribution in [2.24, 2.45) is 0 Å². The lowest BCUT2D eigenvalue weighted by atomic mass is 10.1. The van der Waals surface area contributed by atoms with Gasteiger partial charge in [0.1, 0.15) is 0 Å². The molecular formula is C19H28N4. The van der Waals surface area contributed by atoms with Gasteiger partial charge >= 0.3 is 0 Å². The first-order chi connectivity index (χ1) is 11.2. The Bertz CT molecular complexity index is 591. The van der Waals surface area contributed by atoms with E-state index in [1.54, 1.807) is 0 Å². The number of rotatable bonds is 5. The van der Waals surface area contributed by atoms with E-state index in [-0.39, 0.29) is 0 Å². The number of hydrogen-bond acceptors (Lipinski definition) is 3. The second-order valence-electron chi connectivity index (χ2n) is 6.85. The van der Waals surface area contributed by atoms with Gasteiger partial charge in [-0.1, -0.05) is 24.3 Å². The minimum atomic E-state index is 0.742. The van der Waals surface area contributed by atoms with Crippen LogP contribution in [0.25, 0.3) is 0 Å². The molecule has 1 aromatic carbocycles. The van der Waals surface area contributed by atoms with E-state index in [1.165, 1.54) is 43.5 Å². The van der Waals surface area contributed by atoms with Gasteiger partial charge in [-0.05, 0) is 63.6 Å². The van der Waals surface area contributed by atoms with Crippen molar-refractivity contribution < 1.29 is 0 Å². The van der Waals surface area contributed by atoms with E-state index in [4.69, 9.17) is 0 Å². The molecule has 0 unspecified atom stereocenters. The lowest BCUT2D eigenvalue weighted by Gasteiger charge is -2.23. The number of benzene rings is 1. The predicted octanol–water partition coefficient (Wildman–Crippen LogP) is 2.85. The molecule has 0 spiro atoms. The Balaban J connectivity index is 1.59. The molecule has 1 saturated heterocycles. The van der Waals surface area contributed by atoms with Gasteiger partial charge in [-0.2, -0.15) is 5.10 Å². The highest BCUT2D eigenvalue weighted by molar-refractivity contribution is 5.23. The molecule has 0 bridgehead atoms. The highest BCUT2D eigenvalue weighted by Crippen LogP contribution is 2.17. The fourth-order valence-corrected chi connectivity index (χ4v) is 3.48. The summed E-state index contributed by atoms with van der Waals surface area (Å²) in [5.74, 6) is 0. The van der Waals surface area contributed by atoms with Gasteiger partial charge in [0.25, 0.3) is 0 Å². The monoisotopic (exact) mass is 312 g/mol. The zero-order chi connectivity index (χ0) is 16.1. The standard InChI is InChI=1S/C19H28N4/c1-21(2)19-8-4-11-22(13-9-19)15-17-6-3-7-18(14-17)16-23-12-5-10-20-23/h3,5-7,10,12,14,19H,4,8-9,11,13,15-16H2,1-2H3/t19-/m0/s1. The third kappa shape index (κ3) is 4.66. The Morgan fingerprint density at radius 1 is 1.09 bits per heavy atom. The largest absolute Gasteiger partial charge is 0.306 e. The van der Waals surface area contributed by atoms with Gasteiger partial charge in [-0.15, -0.1) is 0 Å². The van der Waals surface area contributed by atoms with Gasteiger partial charge in [0.05, 0.1) is 6.54 Å². The van der Waals surface area contributed by atoms with Gasteiger partial charge in [-0.25, -0.2) is 0 Å². The summed E-state index contributed by atoms with van der Waals surface area (Å²) in [5.41, 5.74) is 2.74. The van der Waals surface area contributed by atoms with E-state index in [1.807, 2.05) is 23.1 Å². The van der Waals surface area contributed by atoms with Crippen LogP contribution in [0.4, 0.5) is 0 Å². The van der Waals surface area contributed by atoms with Crippen LogP contribution in [0.3, 0.4) is 0 Å². The quantitative estimate of drug-likeness (QED) is 0.848. The topological polar surface area (TPSA) is 24.3 Å². The molecule has 1 atom stereocenters. The Morgan fingerprint density at radius 2 is 1.91 bits per heavy atom. The van der Waals surface area contributed by atoms with E-state index in [0.29, 0.717) is 0 Å². The first-order valence-corrected chi connectivity index (χ1v) is 8.65. The molecule has 1 aliphatic heterocycles. The number of hydrogen-bond donors (Lipinski definition) is 0. The molecule has 3 rings (SSSR count). The molecule has 1 aromatic heterocycles. The third-order valence-electron chi connectivity index (χ3n) is 4.82. The number of aromatic nitrogens is 2. The molecule has 0 saturated carbocycles. The third-order valence-corrected chi connectivity index (χ3v) is 4.82. The predicted molar refractivity (Wildman–Crippen MR) is 94.4 cm³/mol. The zero-order valence-electron chi connectivity index (χ0n) is 14.4. The summed E-state index contributed by atoms with van der Waals surface area (Å²) in [7, 11) is 4.41. The average molecular weight is 312 g/mol. The summed E-state index contributed by atoms with van der Waals surface area (Å²) < 4.78 is 1.98. The number of nitrogens with zero attached hydrogens (tertiary/aromatic N) is 4.